The quantitative estimate of drug-likeness (QED) is 0.268. The fraction of sp³-hybridized carbons (Fsp3) is 0.457. The lowest BCUT2D eigenvalue weighted by Gasteiger charge is -2.40. The van der Waals surface area contributed by atoms with Gasteiger partial charge in [0.25, 0.3) is 11.5 Å². The van der Waals surface area contributed by atoms with Crippen molar-refractivity contribution in [3.05, 3.63) is 98.7 Å². The summed E-state index contributed by atoms with van der Waals surface area (Å²) in [7, 11) is 0. The third kappa shape index (κ3) is 9.26. The number of amides is 3. The number of alkyl carbamates (subject to hydrolysis) is 1. The van der Waals surface area contributed by atoms with Crippen LogP contribution in [0.2, 0.25) is 0 Å². The van der Waals surface area contributed by atoms with Crippen LogP contribution < -0.4 is 16.2 Å². The van der Waals surface area contributed by atoms with E-state index >= 15 is 0 Å². The third-order valence-corrected chi connectivity index (χ3v) is 7.33. The maximum atomic E-state index is 14.5. The van der Waals surface area contributed by atoms with E-state index in [0.29, 0.717) is 29.1 Å². The Morgan fingerprint density at radius 3 is 2.16 bits per heavy atom. The molecule has 1 aromatic heterocycles. The molecule has 10 heteroatoms. The number of hydrogen-bond acceptors (Lipinski definition) is 6. The number of nitrogens with one attached hydrogen (secondary N) is 2. The van der Waals surface area contributed by atoms with Crippen LogP contribution in [-0.2, 0) is 22.6 Å². The monoisotopic (exact) mass is 617 g/mol. The Labute approximate surface area is 266 Å². The minimum atomic E-state index is -0.789. The van der Waals surface area contributed by atoms with Crippen molar-refractivity contribution in [3.8, 4) is 0 Å². The van der Waals surface area contributed by atoms with Gasteiger partial charge in [0.05, 0.1) is 24.7 Å². The molecule has 1 heterocycles. The van der Waals surface area contributed by atoms with E-state index in [1.807, 2.05) is 70.2 Å². The van der Waals surface area contributed by atoms with Gasteiger partial charge in [-0.2, -0.15) is 0 Å². The number of carbonyl (C=O) groups excluding carboxylic acids is 3. The summed E-state index contributed by atoms with van der Waals surface area (Å²) >= 11 is 0. The maximum Gasteiger partial charge on any atom is 0.409 e. The van der Waals surface area contributed by atoms with E-state index in [4.69, 9.17) is 9.72 Å². The molecule has 2 atom stereocenters. The smallest absolute Gasteiger partial charge is 0.409 e. The van der Waals surface area contributed by atoms with E-state index < -0.39 is 23.9 Å². The Morgan fingerprint density at radius 1 is 1.00 bits per heavy atom. The minimum Gasteiger partial charge on any atom is -0.444 e. The van der Waals surface area contributed by atoms with Crippen molar-refractivity contribution in [3.63, 3.8) is 0 Å². The molecule has 3 aromatic rings. The Hall–Kier alpha value is -4.47. The van der Waals surface area contributed by atoms with Gasteiger partial charge in [-0.25, -0.2) is 9.78 Å². The van der Waals surface area contributed by atoms with Crippen LogP contribution in [-0.4, -0.2) is 44.1 Å². The average molecular weight is 618 g/mol. The highest BCUT2D eigenvalue weighted by Gasteiger charge is 2.38. The lowest BCUT2D eigenvalue weighted by Crippen LogP contribution is -2.54. The van der Waals surface area contributed by atoms with Crippen molar-refractivity contribution in [1.29, 1.82) is 0 Å². The van der Waals surface area contributed by atoms with Crippen molar-refractivity contribution < 1.29 is 19.1 Å². The van der Waals surface area contributed by atoms with Crippen molar-refractivity contribution in [1.82, 2.24) is 25.1 Å². The maximum absolute atomic E-state index is 14.5. The molecule has 0 aliphatic heterocycles. The van der Waals surface area contributed by atoms with Crippen LogP contribution in [0.25, 0.3) is 0 Å². The molecule has 2 aromatic carbocycles. The summed E-state index contributed by atoms with van der Waals surface area (Å²) in [5.41, 5.74) is 2.07. The normalized spacial score (nSPS) is 12.8. The van der Waals surface area contributed by atoms with Gasteiger partial charge in [-0.1, -0.05) is 68.8 Å². The molecule has 0 bridgehead atoms. The molecule has 0 spiro atoms. The fourth-order valence-corrected chi connectivity index (χ4v) is 5.14. The van der Waals surface area contributed by atoms with E-state index in [9.17, 15) is 19.2 Å². The molecule has 10 nitrogen and oxygen atoms in total. The Morgan fingerprint density at radius 2 is 1.62 bits per heavy atom. The molecule has 0 aliphatic carbocycles. The van der Waals surface area contributed by atoms with E-state index in [-0.39, 0.29) is 36.4 Å². The highest BCUT2D eigenvalue weighted by Crippen LogP contribution is 2.32. The molecule has 242 valence electrons. The lowest BCUT2D eigenvalue weighted by atomic mass is 9.97. The van der Waals surface area contributed by atoms with Gasteiger partial charge in [0, 0.05) is 18.2 Å². The highest BCUT2D eigenvalue weighted by molar-refractivity contribution is 5.95. The van der Waals surface area contributed by atoms with Crippen LogP contribution >= 0.6 is 0 Å². The van der Waals surface area contributed by atoms with Gasteiger partial charge in [0.1, 0.15) is 17.6 Å². The molecule has 3 amide bonds. The number of nitrogens with zero attached hydrogens (tertiary/aromatic N) is 3. The summed E-state index contributed by atoms with van der Waals surface area (Å²) in [4.78, 5) is 60.1. The van der Waals surface area contributed by atoms with Crippen molar-refractivity contribution in [2.75, 3.05) is 0 Å². The van der Waals surface area contributed by atoms with Crippen molar-refractivity contribution in [2.24, 2.45) is 5.92 Å². The van der Waals surface area contributed by atoms with Crippen molar-refractivity contribution in [2.45, 2.75) is 99.6 Å². The summed E-state index contributed by atoms with van der Waals surface area (Å²) in [5, 5.41) is 5.64. The molecule has 2 unspecified atom stereocenters. The topological polar surface area (TPSA) is 123 Å². The molecular weight excluding hydrogens is 570 g/mol. The Kier molecular flexibility index (Phi) is 11.7. The van der Waals surface area contributed by atoms with E-state index in [0.717, 1.165) is 11.1 Å². The van der Waals surface area contributed by atoms with Crippen molar-refractivity contribution >= 4 is 17.9 Å². The van der Waals surface area contributed by atoms with Crippen LogP contribution in [0, 0.1) is 19.8 Å². The first-order chi connectivity index (χ1) is 21.1. The van der Waals surface area contributed by atoms with E-state index in [1.54, 1.807) is 49.3 Å². The number of rotatable bonds is 11. The Balaban J connectivity index is 2.29. The minimum absolute atomic E-state index is 0.0260. The summed E-state index contributed by atoms with van der Waals surface area (Å²) in [5.74, 6) is -0.435. The molecule has 0 radical (unpaired) electrons. The largest absolute Gasteiger partial charge is 0.444 e. The molecule has 0 fully saturated rings. The molecule has 3 rings (SSSR count). The predicted octanol–water partition coefficient (Wildman–Crippen LogP) is 5.64. The second-order valence-electron chi connectivity index (χ2n) is 12.7. The zero-order chi connectivity index (χ0) is 33.5. The van der Waals surface area contributed by atoms with Gasteiger partial charge >= 0.3 is 6.09 Å². The fourth-order valence-electron chi connectivity index (χ4n) is 5.14. The second-order valence-corrected chi connectivity index (χ2v) is 12.7. The predicted molar refractivity (Wildman–Crippen MR) is 175 cm³/mol. The highest BCUT2D eigenvalue weighted by atomic mass is 16.6. The standard InChI is InChI=1S/C35H47N5O5/c1-10-29(38-34(44)45-35(7,8)9)40(32(42)27-18-16-23(4)17-19-27)30(22(2)3)31-37-24(5)28(20-36-25(6)41)33(43)39(31)21-26-14-12-11-13-15-26/h11-19,22,29-30H,10,20-21H2,1-9H3,(H,36,41)(H,38,44). The first-order valence-electron chi connectivity index (χ1n) is 15.4. The SMILES string of the molecule is CCC(NC(=O)OC(C)(C)C)N(C(=O)c1ccc(C)cc1)C(c1nc(C)c(CNC(C)=O)c(=O)n1Cc1ccccc1)C(C)C. The van der Waals surface area contributed by atoms with Crippen LogP contribution in [0.3, 0.4) is 0 Å². The van der Waals surface area contributed by atoms with Gasteiger partial charge in [-0.05, 0) is 64.7 Å². The molecule has 2 N–H and O–H groups in total. The average Bonchev–Trinajstić information content (AvgIpc) is 2.95. The zero-order valence-electron chi connectivity index (χ0n) is 27.9. The molecular formula is C35H47N5O5. The third-order valence-electron chi connectivity index (χ3n) is 7.33. The first-order valence-corrected chi connectivity index (χ1v) is 15.4. The van der Waals surface area contributed by atoms with E-state index in [1.165, 1.54) is 6.92 Å². The summed E-state index contributed by atoms with van der Waals surface area (Å²) in [6, 6.07) is 16.0. The molecule has 0 aliphatic rings. The van der Waals surface area contributed by atoms with Crippen LogP contribution in [0.5, 0.6) is 0 Å². The van der Waals surface area contributed by atoms with Gasteiger partial charge < -0.3 is 20.3 Å². The number of carbonyl (C=O) groups is 3. The number of ether oxygens (including phenoxy) is 1. The molecule has 0 saturated carbocycles. The van der Waals surface area contributed by atoms with Crippen LogP contribution in [0.15, 0.2) is 59.4 Å². The van der Waals surface area contributed by atoms with Gasteiger partial charge in [-0.15, -0.1) is 0 Å². The van der Waals surface area contributed by atoms with Crippen LogP contribution in [0.4, 0.5) is 4.79 Å². The van der Waals surface area contributed by atoms with Gasteiger partial charge in [0.2, 0.25) is 5.91 Å². The zero-order valence-corrected chi connectivity index (χ0v) is 27.9. The first kappa shape index (κ1) is 35.0. The second kappa shape index (κ2) is 15.0. The Bertz CT molecular complexity index is 1540. The summed E-state index contributed by atoms with van der Waals surface area (Å²) in [6.45, 7) is 16.4. The van der Waals surface area contributed by atoms with Crippen LogP contribution in [0.1, 0.15) is 99.5 Å². The molecule has 45 heavy (non-hydrogen) atoms. The number of benzene rings is 2. The van der Waals surface area contributed by atoms with Gasteiger partial charge in [0.15, 0.2) is 0 Å². The lowest BCUT2D eigenvalue weighted by molar-refractivity contribution is -0.119. The summed E-state index contributed by atoms with van der Waals surface area (Å²) < 4.78 is 7.16. The number of hydrogen-bond donors (Lipinski definition) is 2. The van der Waals surface area contributed by atoms with Gasteiger partial charge in [-0.3, -0.25) is 19.0 Å². The number of aryl methyl sites for hydroxylation is 2. The van der Waals surface area contributed by atoms with E-state index in [2.05, 4.69) is 10.6 Å². The number of aromatic nitrogens is 2. The molecule has 0 saturated heterocycles. The summed E-state index contributed by atoms with van der Waals surface area (Å²) in [6.07, 6.45) is -1.08.